The van der Waals surface area contributed by atoms with Gasteiger partial charge in [-0.05, 0) is 24.3 Å². The molecule has 0 fully saturated rings. The van der Waals surface area contributed by atoms with Crippen LogP contribution in [0.1, 0.15) is 26.2 Å². The second-order valence-corrected chi connectivity index (χ2v) is 3.19. The molecule has 60 valence electrons. The first-order valence-corrected chi connectivity index (χ1v) is 4.07. The molecule has 0 aliphatic heterocycles. The van der Waals surface area contributed by atoms with Crippen LogP contribution in [0, 0.1) is 5.92 Å². The normalized spacial score (nSPS) is 24.6. The lowest BCUT2D eigenvalue weighted by molar-refractivity contribution is -0.116. The molecule has 1 aliphatic carbocycles. The molecule has 0 heterocycles. The summed E-state index contributed by atoms with van der Waals surface area (Å²) in [5.74, 6) is 0.847. The van der Waals surface area contributed by atoms with Crippen LogP contribution in [0.2, 0.25) is 0 Å². The van der Waals surface area contributed by atoms with E-state index in [0.717, 1.165) is 24.8 Å². The van der Waals surface area contributed by atoms with Gasteiger partial charge in [0.2, 0.25) is 0 Å². The van der Waals surface area contributed by atoms with Crippen LogP contribution in [0.4, 0.5) is 0 Å². The van der Waals surface area contributed by atoms with Crippen LogP contribution >= 0.6 is 0 Å². The highest BCUT2D eigenvalue weighted by molar-refractivity contribution is 5.96. The van der Waals surface area contributed by atoms with Crippen LogP contribution in [0.25, 0.3) is 0 Å². The van der Waals surface area contributed by atoms with Gasteiger partial charge in [0, 0.05) is 6.42 Å². The molecule has 1 atom stereocenters. The van der Waals surface area contributed by atoms with Gasteiger partial charge < -0.3 is 0 Å². The molecule has 0 saturated carbocycles. The van der Waals surface area contributed by atoms with Crippen molar-refractivity contribution in [2.75, 3.05) is 0 Å². The lowest BCUT2D eigenvalue weighted by Crippen LogP contribution is -2.12. The van der Waals surface area contributed by atoms with Gasteiger partial charge in [0.05, 0.1) is 0 Å². The van der Waals surface area contributed by atoms with E-state index in [9.17, 15) is 4.79 Å². The van der Waals surface area contributed by atoms with Gasteiger partial charge in [0.1, 0.15) is 0 Å². The monoisotopic (exact) mass is 150 g/mol. The van der Waals surface area contributed by atoms with E-state index in [1.807, 2.05) is 0 Å². The van der Waals surface area contributed by atoms with Crippen molar-refractivity contribution in [2.24, 2.45) is 5.92 Å². The molecule has 1 nitrogen and oxygen atoms in total. The molecule has 0 bridgehead atoms. The van der Waals surface area contributed by atoms with Crippen molar-refractivity contribution >= 4 is 5.78 Å². The summed E-state index contributed by atoms with van der Waals surface area (Å²) < 4.78 is 0. The van der Waals surface area contributed by atoms with Crippen LogP contribution in [-0.4, -0.2) is 5.78 Å². The van der Waals surface area contributed by atoms with Gasteiger partial charge in [-0.1, -0.05) is 19.1 Å². The van der Waals surface area contributed by atoms with Crippen LogP contribution in [0.15, 0.2) is 24.3 Å². The van der Waals surface area contributed by atoms with Crippen molar-refractivity contribution in [2.45, 2.75) is 26.2 Å². The van der Waals surface area contributed by atoms with Crippen molar-refractivity contribution < 1.29 is 4.79 Å². The van der Waals surface area contributed by atoms with E-state index in [1.54, 1.807) is 6.08 Å². The van der Waals surface area contributed by atoms with Crippen LogP contribution in [-0.2, 0) is 4.79 Å². The lowest BCUT2D eigenvalue weighted by Gasteiger charge is -2.15. The Hall–Kier alpha value is -0.850. The fourth-order valence-electron chi connectivity index (χ4n) is 1.34. The minimum Gasteiger partial charge on any atom is -0.295 e. The Morgan fingerprint density at radius 3 is 3.09 bits per heavy atom. The molecule has 0 saturated heterocycles. The summed E-state index contributed by atoms with van der Waals surface area (Å²) >= 11 is 0. The first kappa shape index (κ1) is 8.25. The third kappa shape index (κ3) is 2.04. The third-order valence-corrected chi connectivity index (χ3v) is 2.02. The van der Waals surface area contributed by atoms with Gasteiger partial charge >= 0.3 is 0 Å². The molecular formula is C10H14O. The summed E-state index contributed by atoms with van der Waals surface area (Å²) in [6.07, 6.45) is 6.36. The summed E-state index contributed by atoms with van der Waals surface area (Å²) in [7, 11) is 0. The Labute approximate surface area is 67.8 Å². The molecule has 1 rings (SSSR count). The highest BCUT2D eigenvalue weighted by Crippen LogP contribution is 2.21. The molecule has 0 aromatic rings. The van der Waals surface area contributed by atoms with Crippen molar-refractivity contribution in [3.63, 3.8) is 0 Å². The zero-order chi connectivity index (χ0) is 8.27. The van der Waals surface area contributed by atoms with Crippen LogP contribution < -0.4 is 0 Å². The molecule has 0 radical (unpaired) electrons. The van der Waals surface area contributed by atoms with E-state index in [-0.39, 0.29) is 0 Å². The number of carbonyl (C=O) groups is 1. The predicted octanol–water partition coefficient (Wildman–Crippen LogP) is 2.49. The molecule has 0 aromatic heterocycles. The average Bonchev–Trinajstić information content (AvgIpc) is 1.95. The Bertz CT molecular complexity index is 201. The Morgan fingerprint density at radius 1 is 1.82 bits per heavy atom. The van der Waals surface area contributed by atoms with Crippen LogP contribution in [0.5, 0.6) is 0 Å². The zero-order valence-electron chi connectivity index (χ0n) is 6.97. The second kappa shape index (κ2) is 3.51. The molecular weight excluding hydrogens is 136 g/mol. The van der Waals surface area contributed by atoms with E-state index >= 15 is 0 Å². The maximum atomic E-state index is 11.3. The largest absolute Gasteiger partial charge is 0.295 e. The summed E-state index contributed by atoms with van der Waals surface area (Å²) in [5.41, 5.74) is 0.957. The number of rotatable bonds is 2. The van der Waals surface area contributed by atoms with Gasteiger partial charge in [-0.2, -0.15) is 0 Å². The Morgan fingerprint density at radius 2 is 2.55 bits per heavy atom. The Balaban J connectivity index is 2.64. The van der Waals surface area contributed by atoms with Crippen molar-refractivity contribution in [3.05, 3.63) is 24.3 Å². The molecule has 1 heteroatoms. The number of hydrogen-bond acceptors (Lipinski definition) is 1. The van der Waals surface area contributed by atoms with Gasteiger partial charge in [-0.15, -0.1) is 6.58 Å². The lowest BCUT2D eigenvalue weighted by atomic mass is 9.89. The van der Waals surface area contributed by atoms with Crippen molar-refractivity contribution in [3.8, 4) is 0 Å². The minimum atomic E-state index is 0.309. The van der Waals surface area contributed by atoms with E-state index in [2.05, 4.69) is 19.6 Å². The second-order valence-electron chi connectivity index (χ2n) is 3.19. The number of carbonyl (C=O) groups excluding carboxylic acids is 1. The molecule has 1 aliphatic rings. The quantitative estimate of drug-likeness (QED) is 0.553. The van der Waals surface area contributed by atoms with Gasteiger partial charge in [0.15, 0.2) is 5.78 Å². The maximum Gasteiger partial charge on any atom is 0.159 e. The van der Waals surface area contributed by atoms with Crippen molar-refractivity contribution in [1.29, 1.82) is 0 Å². The highest BCUT2D eigenvalue weighted by Gasteiger charge is 2.16. The molecule has 0 amide bonds. The number of allylic oxidation sites excluding steroid dienone is 3. The molecule has 0 unspecified atom stereocenters. The molecule has 0 aromatic carbocycles. The Kier molecular flexibility index (Phi) is 2.64. The van der Waals surface area contributed by atoms with Gasteiger partial charge in [-0.3, -0.25) is 4.79 Å². The SMILES string of the molecule is C=CCC1=CC[C@H](C)CC1=O. The van der Waals surface area contributed by atoms with E-state index in [0.29, 0.717) is 11.7 Å². The summed E-state index contributed by atoms with van der Waals surface area (Å²) in [6, 6.07) is 0. The highest BCUT2D eigenvalue weighted by atomic mass is 16.1. The van der Waals surface area contributed by atoms with Gasteiger partial charge in [0.25, 0.3) is 0 Å². The first-order chi connectivity index (χ1) is 5.24. The summed E-state index contributed by atoms with van der Waals surface area (Å²) in [4.78, 5) is 11.3. The van der Waals surface area contributed by atoms with E-state index < -0.39 is 0 Å². The van der Waals surface area contributed by atoms with Crippen molar-refractivity contribution in [1.82, 2.24) is 0 Å². The van der Waals surface area contributed by atoms with Crippen LogP contribution in [0.3, 0.4) is 0 Å². The average molecular weight is 150 g/mol. The maximum absolute atomic E-state index is 11.3. The van der Waals surface area contributed by atoms with Gasteiger partial charge in [-0.25, -0.2) is 0 Å². The fourth-order valence-corrected chi connectivity index (χ4v) is 1.34. The predicted molar refractivity (Wildman–Crippen MR) is 46.3 cm³/mol. The first-order valence-electron chi connectivity index (χ1n) is 4.07. The fraction of sp³-hybridized carbons (Fsp3) is 0.500. The van der Waals surface area contributed by atoms with E-state index in [1.165, 1.54) is 0 Å². The topological polar surface area (TPSA) is 17.1 Å². The smallest absolute Gasteiger partial charge is 0.159 e. The molecule has 0 spiro atoms. The molecule has 11 heavy (non-hydrogen) atoms. The number of ketones is 1. The molecule has 0 N–H and O–H groups in total. The summed E-state index contributed by atoms with van der Waals surface area (Å²) in [5, 5.41) is 0. The number of Topliss-reactive ketones (excluding diaryl/α,β-unsaturated/α-hetero) is 1. The summed E-state index contributed by atoms with van der Waals surface area (Å²) in [6.45, 7) is 5.73. The zero-order valence-corrected chi connectivity index (χ0v) is 6.97. The minimum absolute atomic E-state index is 0.309. The number of hydrogen-bond donors (Lipinski definition) is 0. The van der Waals surface area contributed by atoms with E-state index in [4.69, 9.17) is 0 Å². The standard InChI is InChI=1S/C10H14O/c1-3-4-9-6-5-8(2)7-10(9)11/h3,6,8H,1,4-5,7H2,2H3/t8-/m0/s1. The third-order valence-electron chi connectivity index (χ3n) is 2.02.